The van der Waals surface area contributed by atoms with Gasteiger partial charge in [0.2, 0.25) is 5.13 Å². The van der Waals surface area contributed by atoms with Crippen LogP contribution in [0.15, 0.2) is 58.1 Å². The van der Waals surface area contributed by atoms with Crippen molar-refractivity contribution in [2.45, 2.75) is 6.92 Å². The predicted octanol–water partition coefficient (Wildman–Crippen LogP) is 5.34. The zero-order valence-corrected chi connectivity index (χ0v) is 15.7. The zero-order chi connectivity index (χ0) is 16.9. The number of nitrogens with one attached hydrogen (secondary N) is 1. The first-order chi connectivity index (χ1) is 11.7. The van der Waals surface area contributed by atoms with Gasteiger partial charge in [0.05, 0.1) is 23.5 Å². The second-order valence-electron chi connectivity index (χ2n) is 5.05. The molecule has 0 atom stereocenters. The van der Waals surface area contributed by atoms with Gasteiger partial charge >= 0.3 is 0 Å². The van der Waals surface area contributed by atoms with E-state index in [2.05, 4.69) is 50.5 Å². The van der Waals surface area contributed by atoms with Crippen molar-refractivity contribution in [3.63, 3.8) is 0 Å². The summed E-state index contributed by atoms with van der Waals surface area (Å²) in [6.45, 7) is 2.06. The first-order valence-corrected chi connectivity index (χ1v) is 8.94. The van der Waals surface area contributed by atoms with Gasteiger partial charge in [-0.2, -0.15) is 5.10 Å². The molecule has 1 N–H and O–H groups in total. The van der Waals surface area contributed by atoms with Gasteiger partial charge in [-0.05, 0) is 46.6 Å². The van der Waals surface area contributed by atoms with Crippen LogP contribution in [0.3, 0.4) is 0 Å². The fraction of sp³-hybridized carbons (Fsp3) is 0.111. The topological polar surface area (TPSA) is 46.5 Å². The van der Waals surface area contributed by atoms with Gasteiger partial charge in [-0.15, -0.1) is 11.3 Å². The van der Waals surface area contributed by atoms with Crippen molar-refractivity contribution in [2.24, 2.45) is 5.10 Å². The van der Waals surface area contributed by atoms with Crippen LogP contribution in [-0.4, -0.2) is 18.3 Å². The number of hydrazone groups is 1. The van der Waals surface area contributed by atoms with E-state index in [0.717, 1.165) is 37.1 Å². The molecule has 0 unspecified atom stereocenters. The standard InChI is InChI=1S/C18H16BrN3OS/c1-12-17(14-6-4-3-5-7-14)21-18(24-12)22-20-11-13-8-9-16(23-2)15(19)10-13/h3-11H,1-2H3,(H,21,22)/b20-11+. The molecule has 1 aromatic heterocycles. The minimum absolute atomic E-state index is 0.773. The van der Waals surface area contributed by atoms with E-state index in [1.54, 1.807) is 24.7 Å². The molecule has 1 heterocycles. The maximum atomic E-state index is 5.22. The number of ether oxygens (including phenoxy) is 1. The Labute approximate surface area is 153 Å². The third-order valence-corrected chi connectivity index (χ3v) is 4.89. The second-order valence-corrected chi connectivity index (χ2v) is 7.11. The molecule has 0 saturated heterocycles. The molecule has 122 valence electrons. The first kappa shape index (κ1) is 16.7. The maximum absolute atomic E-state index is 5.22. The molecule has 24 heavy (non-hydrogen) atoms. The van der Waals surface area contributed by atoms with E-state index < -0.39 is 0 Å². The van der Waals surface area contributed by atoms with Crippen molar-refractivity contribution in [1.82, 2.24) is 4.98 Å². The number of aryl methyl sites for hydroxylation is 1. The molecule has 0 aliphatic carbocycles. The quantitative estimate of drug-likeness (QED) is 0.463. The average molecular weight is 402 g/mol. The molecular formula is C18H16BrN3OS. The summed E-state index contributed by atoms with van der Waals surface area (Å²) in [6.07, 6.45) is 1.75. The molecule has 0 fully saturated rings. The van der Waals surface area contributed by atoms with E-state index in [1.165, 1.54) is 0 Å². The molecular weight excluding hydrogens is 386 g/mol. The van der Waals surface area contributed by atoms with Gasteiger partial charge < -0.3 is 4.74 Å². The fourth-order valence-corrected chi connectivity index (χ4v) is 3.58. The van der Waals surface area contributed by atoms with E-state index in [4.69, 9.17) is 4.74 Å². The lowest BCUT2D eigenvalue weighted by molar-refractivity contribution is 0.412. The number of halogens is 1. The average Bonchev–Trinajstić information content (AvgIpc) is 2.96. The van der Waals surface area contributed by atoms with Crippen LogP contribution in [0.5, 0.6) is 5.75 Å². The largest absolute Gasteiger partial charge is 0.496 e. The molecule has 0 aliphatic rings. The summed E-state index contributed by atoms with van der Waals surface area (Å²) in [5.41, 5.74) is 6.07. The third-order valence-electron chi connectivity index (χ3n) is 3.39. The van der Waals surface area contributed by atoms with Crippen LogP contribution < -0.4 is 10.2 Å². The Hall–Kier alpha value is -2.18. The molecule has 0 aliphatic heterocycles. The van der Waals surface area contributed by atoms with Crippen LogP contribution in [0.4, 0.5) is 5.13 Å². The molecule has 0 saturated carbocycles. The van der Waals surface area contributed by atoms with Crippen LogP contribution in [0.2, 0.25) is 0 Å². The molecule has 4 nitrogen and oxygen atoms in total. The summed E-state index contributed by atoms with van der Waals surface area (Å²) < 4.78 is 6.11. The van der Waals surface area contributed by atoms with Crippen molar-refractivity contribution in [3.05, 3.63) is 63.4 Å². The van der Waals surface area contributed by atoms with Crippen LogP contribution in [-0.2, 0) is 0 Å². The number of nitrogens with zero attached hydrogens (tertiary/aromatic N) is 2. The number of hydrogen-bond donors (Lipinski definition) is 1. The minimum Gasteiger partial charge on any atom is -0.496 e. The smallest absolute Gasteiger partial charge is 0.204 e. The molecule has 0 bridgehead atoms. The lowest BCUT2D eigenvalue weighted by atomic mass is 10.1. The number of rotatable bonds is 5. The van der Waals surface area contributed by atoms with Gasteiger partial charge in [0.25, 0.3) is 0 Å². The van der Waals surface area contributed by atoms with E-state index in [-0.39, 0.29) is 0 Å². The van der Waals surface area contributed by atoms with Gasteiger partial charge in [0.15, 0.2) is 0 Å². The summed E-state index contributed by atoms with van der Waals surface area (Å²) in [4.78, 5) is 5.78. The van der Waals surface area contributed by atoms with Crippen molar-refractivity contribution in [3.8, 4) is 17.0 Å². The molecule has 0 spiro atoms. The Morgan fingerprint density at radius 3 is 2.71 bits per heavy atom. The molecule has 3 aromatic rings. The summed E-state index contributed by atoms with van der Waals surface area (Å²) >= 11 is 5.05. The minimum atomic E-state index is 0.773. The van der Waals surface area contributed by atoms with E-state index >= 15 is 0 Å². The molecule has 0 amide bonds. The number of aromatic nitrogens is 1. The van der Waals surface area contributed by atoms with E-state index in [0.29, 0.717) is 0 Å². The molecule has 6 heteroatoms. The van der Waals surface area contributed by atoms with Crippen LogP contribution >= 0.6 is 27.3 Å². The SMILES string of the molecule is COc1ccc(/C=N/Nc2nc(-c3ccccc3)c(C)s2)cc1Br. The molecule has 2 aromatic carbocycles. The van der Waals surface area contributed by atoms with Crippen molar-refractivity contribution < 1.29 is 4.74 Å². The number of anilines is 1. The van der Waals surface area contributed by atoms with Gasteiger partial charge in [-0.3, -0.25) is 5.43 Å². The Kier molecular flexibility index (Phi) is 5.27. The second kappa shape index (κ2) is 7.59. The normalized spacial score (nSPS) is 11.0. The Balaban J connectivity index is 1.72. The van der Waals surface area contributed by atoms with Crippen molar-refractivity contribution >= 4 is 38.6 Å². The van der Waals surface area contributed by atoms with Gasteiger partial charge in [-0.25, -0.2) is 4.98 Å². The summed E-state index contributed by atoms with van der Waals surface area (Å²) in [5, 5.41) is 5.04. The van der Waals surface area contributed by atoms with Crippen molar-refractivity contribution in [2.75, 3.05) is 12.5 Å². The van der Waals surface area contributed by atoms with Crippen molar-refractivity contribution in [1.29, 1.82) is 0 Å². The lowest BCUT2D eigenvalue weighted by Crippen LogP contribution is -1.91. The molecule has 0 radical (unpaired) electrons. The Morgan fingerprint density at radius 1 is 1.21 bits per heavy atom. The monoisotopic (exact) mass is 401 g/mol. The highest BCUT2D eigenvalue weighted by Gasteiger charge is 2.08. The summed E-state index contributed by atoms with van der Waals surface area (Å²) in [5.74, 6) is 0.795. The van der Waals surface area contributed by atoms with E-state index in [9.17, 15) is 0 Å². The van der Waals surface area contributed by atoms with Gasteiger partial charge in [0, 0.05) is 10.4 Å². The molecule has 3 rings (SSSR count). The number of benzene rings is 2. The van der Waals surface area contributed by atoms with Crippen LogP contribution in [0.1, 0.15) is 10.4 Å². The van der Waals surface area contributed by atoms with Gasteiger partial charge in [-0.1, -0.05) is 30.3 Å². The highest BCUT2D eigenvalue weighted by atomic mass is 79.9. The zero-order valence-electron chi connectivity index (χ0n) is 13.3. The van der Waals surface area contributed by atoms with E-state index in [1.807, 2.05) is 36.4 Å². The fourth-order valence-electron chi connectivity index (χ4n) is 2.23. The Bertz CT molecular complexity index is 862. The lowest BCUT2D eigenvalue weighted by Gasteiger charge is -2.03. The number of methoxy groups -OCH3 is 1. The van der Waals surface area contributed by atoms with Crippen LogP contribution in [0, 0.1) is 6.92 Å². The maximum Gasteiger partial charge on any atom is 0.204 e. The van der Waals surface area contributed by atoms with Crippen LogP contribution in [0.25, 0.3) is 11.3 Å². The highest BCUT2D eigenvalue weighted by molar-refractivity contribution is 9.10. The summed E-state index contributed by atoms with van der Waals surface area (Å²) in [6, 6.07) is 15.9. The van der Waals surface area contributed by atoms with Gasteiger partial charge in [0.1, 0.15) is 5.75 Å². The first-order valence-electron chi connectivity index (χ1n) is 7.33. The number of thiazole rings is 1. The predicted molar refractivity (Wildman–Crippen MR) is 104 cm³/mol. The Morgan fingerprint density at radius 2 is 2.00 bits per heavy atom. The summed E-state index contributed by atoms with van der Waals surface area (Å²) in [7, 11) is 1.64. The number of hydrogen-bond acceptors (Lipinski definition) is 5. The highest BCUT2D eigenvalue weighted by Crippen LogP contribution is 2.30. The third kappa shape index (κ3) is 3.83.